The summed E-state index contributed by atoms with van der Waals surface area (Å²) in [6.07, 6.45) is 11.1. The number of benzene rings is 1. The average molecular weight is 372 g/mol. The fourth-order valence-corrected chi connectivity index (χ4v) is 3.75. The minimum atomic E-state index is -3.67. The van der Waals surface area contributed by atoms with Crippen LogP contribution in [0.4, 0.5) is 4.39 Å². The largest absolute Gasteiger partial charge is 0.268 e. The highest BCUT2D eigenvalue weighted by atomic mass is 32.2. The first-order valence-electron chi connectivity index (χ1n) is 9.25. The standard InChI is InChI=1S/C19H30FNO3S/c1-2-3-4-5-6-7-8-9-10-11-15-25(23,24)21-19(22)17-13-12-14-18(20)16-17/h12-14,16H,2-11,15H2,1H3,(H,21,22). The number of rotatable bonds is 13. The van der Waals surface area contributed by atoms with Crippen molar-refractivity contribution in [1.82, 2.24) is 4.72 Å². The molecule has 0 radical (unpaired) electrons. The van der Waals surface area contributed by atoms with E-state index in [0.717, 1.165) is 25.3 Å². The molecule has 0 aromatic heterocycles. The molecule has 0 saturated carbocycles. The van der Waals surface area contributed by atoms with E-state index in [-0.39, 0.29) is 11.3 Å². The fourth-order valence-electron chi connectivity index (χ4n) is 2.66. The highest BCUT2D eigenvalue weighted by Crippen LogP contribution is 2.11. The molecular weight excluding hydrogens is 341 g/mol. The van der Waals surface area contributed by atoms with Crippen LogP contribution >= 0.6 is 0 Å². The number of halogens is 1. The Hall–Kier alpha value is -1.43. The number of hydrogen-bond donors (Lipinski definition) is 1. The number of hydrogen-bond acceptors (Lipinski definition) is 3. The molecule has 4 nitrogen and oxygen atoms in total. The molecule has 0 unspecified atom stereocenters. The van der Waals surface area contributed by atoms with Gasteiger partial charge in [-0.3, -0.25) is 4.79 Å². The lowest BCUT2D eigenvalue weighted by Gasteiger charge is -2.07. The van der Waals surface area contributed by atoms with Crippen molar-refractivity contribution in [1.29, 1.82) is 0 Å². The maximum absolute atomic E-state index is 13.1. The molecule has 1 amide bonds. The van der Waals surface area contributed by atoms with Crippen molar-refractivity contribution >= 4 is 15.9 Å². The van der Waals surface area contributed by atoms with E-state index < -0.39 is 21.7 Å². The van der Waals surface area contributed by atoms with Gasteiger partial charge in [0.2, 0.25) is 10.0 Å². The number of carbonyl (C=O) groups is 1. The van der Waals surface area contributed by atoms with Crippen LogP contribution in [-0.2, 0) is 10.0 Å². The predicted octanol–water partition coefficient (Wildman–Crippen LogP) is 4.81. The molecule has 142 valence electrons. The minimum absolute atomic E-state index is 0.00616. The van der Waals surface area contributed by atoms with Gasteiger partial charge in [0.15, 0.2) is 0 Å². The molecular formula is C19H30FNO3S. The molecule has 1 rings (SSSR count). The van der Waals surface area contributed by atoms with E-state index in [1.807, 2.05) is 4.72 Å². The number of sulfonamides is 1. The zero-order valence-corrected chi connectivity index (χ0v) is 15.9. The lowest BCUT2D eigenvalue weighted by Crippen LogP contribution is -2.32. The molecule has 0 bridgehead atoms. The van der Waals surface area contributed by atoms with Gasteiger partial charge in [-0.15, -0.1) is 0 Å². The van der Waals surface area contributed by atoms with E-state index in [1.54, 1.807) is 0 Å². The number of nitrogens with one attached hydrogen (secondary N) is 1. The zero-order valence-electron chi connectivity index (χ0n) is 15.1. The number of unbranched alkanes of at least 4 members (excludes halogenated alkanes) is 9. The van der Waals surface area contributed by atoms with Gasteiger partial charge in [-0.25, -0.2) is 17.5 Å². The summed E-state index contributed by atoms with van der Waals surface area (Å²) < 4.78 is 38.9. The maximum atomic E-state index is 13.1. The van der Waals surface area contributed by atoms with Crippen molar-refractivity contribution in [2.75, 3.05) is 5.75 Å². The Bertz CT molecular complexity index is 617. The zero-order chi connectivity index (χ0) is 18.5. The van der Waals surface area contributed by atoms with Crippen molar-refractivity contribution in [3.8, 4) is 0 Å². The van der Waals surface area contributed by atoms with Crippen LogP contribution < -0.4 is 4.72 Å². The monoisotopic (exact) mass is 371 g/mol. The van der Waals surface area contributed by atoms with Crippen LogP contribution in [0.1, 0.15) is 81.5 Å². The summed E-state index contributed by atoms with van der Waals surface area (Å²) >= 11 is 0. The molecule has 1 N–H and O–H groups in total. The summed E-state index contributed by atoms with van der Waals surface area (Å²) in [4.78, 5) is 11.8. The van der Waals surface area contributed by atoms with Gasteiger partial charge >= 0.3 is 0 Å². The topological polar surface area (TPSA) is 63.2 Å². The number of amides is 1. The van der Waals surface area contributed by atoms with Gasteiger partial charge in [0.05, 0.1) is 5.75 Å². The van der Waals surface area contributed by atoms with Crippen LogP contribution in [0, 0.1) is 5.82 Å². The summed E-state index contributed by atoms with van der Waals surface area (Å²) in [6, 6.07) is 4.98. The predicted molar refractivity (Wildman–Crippen MR) is 99.5 cm³/mol. The molecule has 0 aliphatic carbocycles. The van der Waals surface area contributed by atoms with Crippen molar-refractivity contribution in [2.24, 2.45) is 0 Å². The molecule has 0 spiro atoms. The third-order valence-corrected chi connectivity index (χ3v) is 5.42. The van der Waals surface area contributed by atoms with Gasteiger partial charge in [0, 0.05) is 5.56 Å². The molecule has 0 atom stereocenters. The molecule has 1 aromatic carbocycles. The molecule has 25 heavy (non-hydrogen) atoms. The van der Waals surface area contributed by atoms with Crippen LogP contribution in [0.25, 0.3) is 0 Å². The molecule has 0 heterocycles. The Kier molecular flexibility index (Phi) is 10.4. The van der Waals surface area contributed by atoms with E-state index in [1.165, 1.54) is 56.7 Å². The van der Waals surface area contributed by atoms with Gasteiger partial charge in [0.1, 0.15) is 5.82 Å². The molecule has 0 fully saturated rings. The highest BCUT2D eigenvalue weighted by molar-refractivity contribution is 7.90. The Morgan fingerprint density at radius 1 is 0.960 bits per heavy atom. The van der Waals surface area contributed by atoms with E-state index in [9.17, 15) is 17.6 Å². The van der Waals surface area contributed by atoms with E-state index >= 15 is 0 Å². The fraction of sp³-hybridized carbons (Fsp3) is 0.632. The summed E-state index contributed by atoms with van der Waals surface area (Å²) in [5.74, 6) is -1.43. The smallest absolute Gasteiger partial charge is 0.264 e. The van der Waals surface area contributed by atoms with Crippen LogP contribution in [0.15, 0.2) is 24.3 Å². The van der Waals surface area contributed by atoms with Crippen LogP contribution in [0.3, 0.4) is 0 Å². The quantitative estimate of drug-likeness (QED) is 0.506. The Balaban J connectivity index is 2.16. The van der Waals surface area contributed by atoms with Gasteiger partial charge in [-0.1, -0.05) is 70.8 Å². The van der Waals surface area contributed by atoms with Crippen molar-refractivity contribution in [3.05, 3.63) is 35.6 Å². The normalized spacial score (nSPS) is 11.4. The first-order chi connectivity index (χ1) is 11.9. The maximum Gasteiger partial charge on any atom is 0.264 e. The highest BCUT2D eigenvalue weighted by Gasteiger charge is 2.16. The van der Waals surface area contributed by atoms with Crippen molar-refractivity contribution in [2.45, 2.75) is 71.1 Å². The molecule has 0 aliphatic heterocycles. The molecule has 1 aromatic rings. The van der Waals surface area contributed by atoms with Gasteiger partial charge in [0.25, 0.3) is 5.91 Å². The minimum Gasteiger partial charge on any atom is -0.268 e. The summed E-state index contributed by atoms with van der Waals surface area (Å²) in [6.45, 7) is 2.20. The van der Waals surface area contributed by atoms with Crippen LogP contribution in [0.5, 0.6) is 0 Å². The first kappa shape index (κ1) is 21.6. The lowest BCUT2D eigenvalue weighted by molar-refractivity contribution is 0.0981. The second-order valence-corrected chi connectivity index (χ2v) is 8.28. The van der Waals surface area contributed by atoms with Crippen LogP contribution in [-0.4, -0.2) is 20.1 Å². The Morgan fingerprint density at radius 2 is 1.52 bits per heavy atom. The summed E-state index contributed by atoms with van der Waals surface area (Å²) in [7, 11) is -3.67. The van der Waals surface area contributed by atoms with Gasteiger partial charge < -0.3 is 0 Å². The van der Waals surface area contributed by atoms with E-state index in [4.69, 9.17) is 0 Å². The second-order valence-electron chi connectivity index (χ2n) is 6.44. The number of carbonyl (C=O) groups excluding carboxylic acids is 1. The van der Waals surface area contributed by atoms with Gasteiger partial charge in [-0.2, -0.15) is 0 Å². The van der Waals surface area contributed by atoms with Crippen LogP contribution in [0.2, 0.25) is 0 Å². The van der Waals surface area contributed by atoms with Gasteiger partial charge in [-0.05, 0) is 24.6 Å². The summed E-state index contributed by atoms with van der Waals surface area (Å²) in [5.41, 5.74) is 0.00616. The summed E-state index contributed by atoms with van der Waals surface area (Å²) in [5, 5.41) is 0. The van der Waals surface area contributed by atoms with Crippen molar-refractivity contribution in [3.63, 3.8) is 0 Å². The SMILES string of the molecule is CCCCCCCCCCCCS(=O)(=O)NC(=O)c1cccc(F)c1. The van der Waals surface area contributed by atoms with E-state index in [2.05, 4.69) is 6.92 Å². The average Bonchev–Trinajstić information content (AvgIpc) is 2.56. The second kappa shape index (κ2) is 12.0. The first-order valence-corrected chi connectivity index (χ1v) is 10.9. The van der Waals surface area contributed by atoms with Crippen molar-refractivity contribution < 1.29 is 17.6 Å². The Labute approximate surface area is 151 Å². The molecule has 0 saturated heterocycles. The third kappa shape index (κ3) is 10.2. The molecule has 6 heteroatoms. The van der Waals surface area contributed by atoms with E-state index in [0.29, 0.717) is 6.42 Å². The lowest BCUT2D eigenvalue weighted by atomic mass is 10.1. The molecule has 0 aliphatic rings. The third-order valence-electron chi connectivity index (χ3n) is 4.10. The Morgan fingerprint density at radius 3 is 2.08 bits per heavy atom.